The lowest BCUT2D eigenvalue weighted by Gasteiger charge is -2.03. The molecule has 0 spiro atoms. The fourth-order valence-corrected chi connectivity index (χ4v) is 1.84. The van der Waals surface area contributed by atoms with Crippen molar-refractivity contribution in [1.82, 2.24) is 9.99 Å². The van der Waals surface area contributed by atoms with Crippen molar-refractivity contribution in [3.63, 3.8) is 0 Å². The van der Waals surface area contributed by atoms with E-state index in [4.69, 9.17) is 0 Å². The monoisotopic (exact) mass is 295 g/mol. The predicted octanol–water partition coefficient (Wildman–Crippen LogP) is 2.05. The largest absolute Gasteiger partial charge is 0.306 e. The van der Waals surface area contributed by atoms with Crippen LogP contribution in [-0.4, -0.2) is 16.7 Å². The summed E-state index contributed by atoms with van der Waals surface area (Å²) in [7, 11) is 0. The second-order valence-corrected chi connectivity index (χ2v) is 4.76. The smallest absolute Gasteiger partial charge is 0.260 e. The highest BCUT2D eigenvalue weighted by molar-refractivity contribution is 5.86. The molecule has 1 aromatic carbocycles. The quantitative estimate of drug-likeness (QED) is 0.678. The lowest BCUT2D eigenvalue weighted by molar-refractivity contribution is -0.121. The molecule has 2 aromatic rings. The van der Waals surface area contributed by atoms with Crippen LogP contribution >= 0.6 is 0 Å². The summed E-state index contributed by atoms with van der Waals surface area (Å²) >= 11 is 0. The van der Waals surface area contributed by atoms with E-state index in [2.05, 4.69) is 10.5 Å². The minimum absolute atomic E-state index is 0.0571. The molecule has 1 aromatic heterocycles. The highest BCUT2D eigenvalue weighted by atomic mass is 16.2. The number of amides is 1. The Bertz CT molecular complexity index is 746. The number of benzene rings is 1. The van der Waals surface area contributed by atoms with Crippen LogP contribution in [0.15, 0.2) is 70.2 Å². The predicted molar refractivity (Wildman–Crippen MR) is 87.4 cm³/mol. The van der Waals surface area contributed by atoms with E-state index in [1.54, 1.807) is 24.5 Å². The van der Waals surface area contributed by atoms with Gasteiger partial charge in [-0.25, -0.2) is 5.43 Å². The van der Waals surface area contributed by atoms with Gasteiger partial charge >= 0.3 is 0 Å². The van der Waals surface area contributed by atoms with E-state index in [1.807, 2.05) is 43.3 Å². The van der Waals surface area contributed by atoms with Crippen LogP contribution in [0.2, 0.25) is 0 Å². The Morgan fingerprint density at radius 1 is 1.18 bits per heavy atom. The molecule has 0 saturated heterocycles. The van der Waals surface area contributed by atoms with E-state index >= 15 is 0 Å². The zero-order valence-corrected chi connectivity index (χ0v) is 12.3. The first-order valence-corrected chi connectivity index (χ1v) is 6.86. The van der Waals surface area contributed by atoms with Crippen LogP contribution in [0.1, 0.15) is 12.5 Å². The molecule has 0 saturated carbocycles. The Balaban J connectivity index is 1.89. The van der Waals surface area contributed by atoms with Gasteiger partial charge < -0.3 is 4.57 Å². The third-order valence-electron chi connectivity index (χ3n) is 2.86. The molecule has 0 radical (unpaired) electrons. The summed E-state index contributed by atoms with van der Waals surface area (Å²) in [6, 6.07) is 14.6. The van der Waals surface area contributed by atoms with Crippen LogP contribution in [0, 0.1) is 0 Å². The zero-order chi connectivity index (χ0) is 15.8. The number of nitrogens with zero attached hydrogens (tertiary/aromatic N) is 2. The van der Waals surface area contributed by atoms with Crippen molar-refractivity contribution in [2.45, 2.75) is 13.5 Å². The molecule has 1 N–H and O–H groups in total. The number of hydrazone groups is 1. The highest BCUT2D eigenvalue weighted by Gasteiger charge is 2.01. The number of nitrogens with one attached hydrogen (secondary N) is 1. The number of aromatic nitrogens is 1. The van der Waals surface area contributed by atoms with Gasteiger partial charge in [0, 0.05) is 12.3 Å². The first-order chi connectivity index (χ1) is 10.6. The van der Waals surface area contributed by atoms with Gasteiger partial charge in [0.25, 0.3) is 11.5 Å². The highest BCUT2D eigenvalue weighted by Crippen LogP contribution is 2.04. The number of hydrogen-bond acceptors (Lipinski definition) is 3. The average Bonchev–Trinajstić information content (AvgIpc) is 2.50. The molecule has 0 aliphatic carbocycles. The molecule has 1 heterocycles. The van der Waals surface area contributed by atoms with Gasteiger partial charge in [-0.15, -0.1) is 0 Å². The molecule has 5 heteroatoms. The number of pyridine rings is 1. The summed E-state index contributed by atoms with van der Waals surface area (Å²) in [6.45, 7) is 1.84. The molecule has 22 heavy (non-hydrogen) atoms. The maximum Gasteiger partial charge on any atom is 0.260 e. The molecule has 0 aliphatic heterocycles. The van der Waals surface area contributed by atoms with Crippen LogP contribution in [0.3, 0.4) is 0 Å². The maximum atomic E-state index is 11.7. The van der Waals surface area contributed by atoms with Gasteiger partial charge in [0.1, 0.15) is 6.54 Å². The van der Waals surface area contributed by atoms with E-state index in [1.165, 1.54) is 10.6 Å². The van der Waals surface area contributed by atoms with Gasteiger partial charge in [-0.3, -0.25) is 9.59 Å². The lowest BCUT2D eigenvalue weighted by Crippen LogP contribution is -2.28. The normalized spacial score (nSPS) is 11.6. The van der Waals surface area contributed by atoms with E-state index < -0.39 is 0 Å². The molecule has 0 unspecified atom stereocenters. The maximum absolute atomic E-state index is 11.7. The first kappa shape index (κ1) is 15.4. The fourth-order valence-electron chi connectivity index (χ4n) is 1.84. The van der Waals surface area contributed by atoms with Crippen molar-refractivity contribution in [3.8, 4) is 0 Å². The molecule has 0 fully saturated rings. The summed E-state index contributed by atoms with van der Waals surface area (Å²) in [5.74, 6) is -0.350. The second kappa shape index (κ2) is 7.73. The Labute approximate surface area is 128 Å². The van der Waals surface area contributed by atoms with Gasteiger partial charge in [0.2, 0.25) is 0 Å². The number of hydrogen-bond donors (Lipinski definition) is 1. The van der Waals surface area contributed by atoms with Gasteiger partial charge in [-0.2, -0.15) is 5.10 Å². The Kier molecular flexibility index (Phi) is 5.43. The van der Waals surface area contributed by atoms with Crippen LogP contribution < -0.4 is 11.0 Å². The molecular formula is C17H17N3O2. The van der Waals surface area contributed by atoms with Crippen LogP contribution in [0.25, 0.3) is 6.08 Å². The average molecular weight is 295 g/mol. The molecule has 0 bridgehead atoms. The zero-order valence-electron chi connectivity index (χ0n) is 12.3. The Hall–Kier alpha value is -2.95. The number of carbonyl (C=O) groups excluding carboxylic acids is 1. The molecule has 112 valence electrons. The molecule has 5 nitrogen and oxygen atoms in total. The fraction of sp³-hybridized carbons (Fsp3) is 0.118. The van der Waals surface area contributed by atoms with Crippen LogP contribution in [0.4, 0.5) is 0 Å². The molecular weight excluding hydrogens is 278 g/mol. The number of allylic oxidation sites excluding steroid dienone is 1. The van der Waals surface area contributed by atoms with Crippen molar-refractivity contribution in [3.05, 3.63) is 76.2 Å². The van der Waals surface area contributed by atoms with Crippen LogP contribution in [-0.2, 0) is 11.3 Å². The lowest BCUT2D eigenvalue weighted by atomic mass is 10.1. The summed E-state index contributed by atoms with van der Waals surface area (Å²) in [4.78, 5) is 23.2. The van der Waals surface area contributed by atoms with Crippen molar-refractivity contribution >= 4 is 18.2 Å². The summed E-state index contributed by atoms with van der Waals surface area (Å²) in [5.41, 5.74) is 4.15. The molecule has 2 rings (SSSR count). The first-order valence-electron chi connectivity index (χ1n) is 6.86. The molecule has 0 atom stereocenters. The minimum Gasteiger partial charge on any atom is -0.306 e. The van der Waals surface area contributed by atoms with Gasteiger partial charge in [-0.1, -0.05) is 42.5 Å². The summed E-state index contributed by atoms with van der Waals surface area (Å²) in [6.07, 6.45) is 5.09. The topological polar surface area (TPSA) is 63.5 Å². The number of carbonyl (C=O) groups is 1. The minimum atomic E-state index is -0.350. The van der Waals surface area contributed by atoms with Crippen molar-refractivity contribution < 1.29 is 4.79 Å². The van der Waals surface area contributed by atoms with Crippen LogP contribution in [0.5, 0.6) is 0 Å². The Morgan fingerprint density at radius 2 is 1.91 bits per heavy atom. The van der Waals surface area contributed by atoms with Gasteiger partial charge in [0.15, 0.2) is 0 Å². The third-order valence-corrected chi connectivity index (χ3v) is 2.86. The van der Waals surface area contributed by atoms with E-state index in [0.717, 1.165) is 11.1 Å². The molecule has 1 amide bonds. The third kappa shape index (κ3) is 4.86. The number of rotatable bonds is 5. The summed E-state index contributed by atoms with van der Waals surface area (Å²) < 4.78 is 1.32. The van der Waals surface area contributed by atoms with Crippen molar-refractivity contribution in [2.75, 3.05) is 0 Å². The summed E-state index contributed by atoms with van der Waals surface area (Å²) in [5, 5.41) is 3.88. The van der Waals surface area contributed by atoms with Gasteiger partial charge in [-0.05, 0) is 24.1 Å². The van der Waals surface area contributed by atoms with Crippen molar-refractivity contribution in [2.24, 2.45) is 5.10 Å². The van der Waals surface area contributed by atoms with E-state index in [0.29, 0.717) is 0 Å². The molecule has 0 aliphatic rings. The van der Waals surface area contributed by atoms with E-state index in [-0.39, 0.29) is 18.0 Å². The second-order valence-electron chi connectivity index (χ2n) is 4.76. The Morgan fingerprint density at radius 3 is 2.64 bits per heavy atom. The van der Waals surface area contributed by atoms with Crippen molar-refractivity contribution in [1.29, 1.82) is 0 Å². The van der Waals surface area contributed by atoms with Gasteiger partial charge in [0.05, 0.1) is 6.21 Å². The SMILES string of the molecule is CC(/C=N\NC(=O)Cn1ccccc1=O)=C\c1ccccc1. The van der Waals surface area contributed by atoms with E-state index in [9.17, 15) is 9.59 Å². The standard InChI is InChI=1S/C17H17N3O2/c1-14(11-15-7-3-2-4-8-15)12-18-19-16(21)13-20-10-6-5-9-17(20)22/h2-12H,13H2,1H3,(H,19,21)/b14-11+,18-12-.